The van der Waals surface area contributed by atoms with Gasteiger partial charge in [0, 0.05) is 17.6 Å². The largest absolute Gasteiger partial charge is 0.361 e. The Labute approximate surface area is 75.0 Å². The number of aromatic amines is 1. The van der Waals surface area contributed by atoms with E-state index in [1.54, 1.807) is 11.3 Å². The quantitative estimate of drug-likeness (QED) is 0.727. The van der Waals surface area contributed by atoms with Crippen LogP contribution in [0.1, 0.15) is 4.88 Å². The van der Waals surface area contributed by atoms with Gasteiger partial charge in [-0.1, -0.05) is 0 Å². The van der Waals surface area contributed by atoms with Crippen molar-refractivity contribution in [1.29, 1.82) is 0 Å². The molecule has 0 fully saturated rings. The summed E-state index contributed by atoms with van der Waals surface area (Å²) in [6, 6.07) is 8.23. The molecule has 0 aromatic carbocycles. The predicted octanol–water partition coefficient (Wildman–Crippen LogP) is 2.20. The Kier molecular flexibility index (Phi) is 1.98. The number of hydrogen-bond donors (Lipinski definition) is 2. The van der Waals surface area contributed by atoms with Crippen LogP contribution in [0.5, 0.6) is 0 Å². The first-order valence-corrected chi connectivity index (χ1v) is 4.64. The SMILES string of the molecule is NCc1ccc(-c2ccc[nH]2)s1. The zero-order valence-corrected chi connectivity index (χ0v) is 7.40. The van der Waals surface area contributed by atoms with Gasteiger partial charge in [-0.2, -0.15) is 0 Å². The monoisotopic (exact) mass is 178 g/mol. The number of nitrogens with one attached hydrogen (secondary N) is 1. The van der Waals surface area contributed by atoms with Crippen LogP contribution in [-0.4, -0.2) is 4.98 Å². The number of hydrogen-bond acceptors (Lipinski definition) is 2. The second kappa shape index (κ2) is 3.13. The summed E-state index contributed by atoms with van der Waals surface area (Å²) in [5.41, 5.74) is 6.68. The fraction of sp³-hybridized carbons (Fsp3) is 0.111. The fourth-order valence-corrected chi connectivity index (χ4v) is 1.99. The summed E-state index contributed by atoms with van der Waals surface area (Å²) < 4.78 is 0. The van der Waals surface area contributed by atoms with Gasteiger partial charge in [-0.25, -0.2) is 0 Å². The molecule has 0 amide bonds. The molecule has 0 saturated carbocycles. The van der Waals surface area contributed by atoms with Crippen LogP contribution in [0.4, 0.5) is 0 Å². The molecule has 0 atom stereocenters. The Balaban J connectivity index is 2.35. The van der Waals surface area contributed by atoms with E-state index < -0.39 is 0 Å². The van der Waals surface area contributed by atoms with Gasteiger partial charge in [0.15, 0.2) is 0 Å². The van der Waals surface area contributed by atoms with Crippen molar-refractivity contribution >= 4 is 11.3 Å². The standard InChI is InChI=1S/C9H10N2S/c10-6-7-3-4-9(12-7)8-2-1-5-11-8/h1-5,11H,6,10H2. The minimum atomic E-state index is 0.630. The van der Waals surface area contributed by atoms with E-state index in [1.807, 2.05) is 12.3 Å². The normalized spacial score (nSPS) is 10.4. The molecule has 62 valence electrons. The van der Waals surface area contributed by atoms with Gasteiger partial charge >= 0.3 is 0 Å². The van der Waals surface area contributed by atoms with Crippen molar-refractivity contribution in [3.05, 3.63) is 35.3 Å². The van der Waals surface area contributed by atoms with E-state index >= 15 is 0 Å². The maximum Gasteiger partial charge on any atom is 0.0555 e. The molecular weight excluding hydrogens is 168 g/mol. The molecule has 0 aliphatic carbocycles. The summed E-state index contributed by atoms with van der Waals surface area (Å²) in [5.74, 6) is 0. The van der Waals surface area contributed by atoms with Gasteiger partial charge < -0.3 is 10.7 Å². The summed E-state index contributed by atoms with van der Waals surface area (Å²) in [6.07, 6.45) is 1.93. The second-order valence-electron chi connectivity index (χ2n) is 2.55. The van der Waals surface area contributed by atoms with Crippen LogP contribution in [-0.2, 0) is 6.54 Å². The molecule has 2 nitrogen and oxygen atoms in total. The Hall–Kier alpha value is -1.06. The first kappa shape index (κ1) is 7.58. The molecule has 0 aliphatic rings. The van der Waals surface area contributed by atoms with E-state index in [1.165, 1.54) is 15.4 Å². The summed E-state index contributed by atoms with van der Waals surface area (Å²) in [6.45, 7) is 0.630. The number of nitrogens with two attached hydrogens (primary N) is 1. The molecule has 2 heterocycles. The number of rotatable bonds is 2. The van der Waals surface area contributed by atoms with E-state index in [0.717, 1.165) is 0 Å². The first-order chi connectivity index (χ1) is 5.90. The molecule has 0 aliphatic heterocycles. The molecular formula is C9H10N2S. The molecule has 2 aromatic rings. The van der Waals surface area contributed by atoms with E-state index in [0.29, 0.717) is 6.54 Å². The van der Waals surface area contributed by atoms with Crippen LogP contribution >= 0.6 is 11.3 Å². The summed E-state index contributed by atoms with van der Waals surface area (Å²) in [7, 11) is 0. The highest BCUT2D eigenvalue weighted by atomic mass is 32.1. The molecule has 3 heteroatoms. The lowest BCUT2D eigenvalue weighted by Gasteiger charge is -1.89. The number of H-pyrrole nitrogens is 1. The third-order valence-electron chi connectivity index (χ3n) is 1.73. The van der Waals surface area contributed by atoms with Crippen molar-refractivity contribution in [3.8, 4) is 10.6 Å². The number of aromatic nitrogens is 1. The Morgan fingerprint density at radius 3 is 2.83 bits per heavy atom. The van der Waals surface area contributed by atoms with Crippen LogP contribution in [0, 0.1) is 0 Å². The van der Waals surface area contributed by atoms with Gasteiger partial charge in [0.05, 0.1) is 10.6 Å². The minimum absolute atomic E-state index is 0.630. The highest BCUT2D eigenvalue weighted by Crippen LogP contribution is 2.25. The average Bonchev–Trinajstić information content (AvgIpc) is 2.75. The minimum Gasteiger partial charge on any atom is -0.361 e. The van der Waals surface area contributed by atoms with Crippen LogP contribution < -0.4 is 5.73 Å². The van der Waals surface area contributed by atoms with Crippen LogP contribution in [0.2, 0.25) is 0 Å². The molecule has 0 unspecified atom stereocenters. The average molecular weight is 178 g/mol. The van der Waals surface area contributed by atoms with Gasteiger partial charge in [0.25, 0.3) is 0 Å². The maximum atomic E-state index is 5.52. The van der Waals surface area contributed by atoms with Gasteiger partial charge in [0.2, 0.25) is 0 Å². The summed E-state index contributed by atoms with van der Waals surface area (Å²) in [5, 5.41) is 0. The first-order valence-electron chi connectivity index (χ1n) is 3.82. The lowest BCUT2D eigenvalue weighted by molar-refractivity contribution is 1.11. The molecule has 2 rings (SSSR count). The third-order valence-corrected chi connectivity index (χ3v) is 2.87. The molecule has 0 spiro atoms. The Morgan fingerprint density at radius 1 is 1.33 bits per heavy atom. The molecule has 3 N–H and O–H groups in total. The van der Waals surface area contributed by atoms with Crippen molar-refractivity contribution in [1.82, 2.24) is 4.98 Å². The molecule has 12 heavy (non-hydrogen) atoms. The Morgan fingerprint density at radius 2 is 2.25 bits per heavy atom. The van der Waals surface area contributed by atoms with Crippen molar-refractivity contribution < 1.29 is 0 Å². The van der Waals surface area contributed by atoms with Gasteiger partial charge in [-0.15, -0.1) is 11.3 Å². The van der Waals surface area contributed by atoms with Crippen molar-refractivity contribution in [2.75, 3.05) is 0 Å². The fourth-order valence-electron chi connectivity index (χ4n) is 1.12. The maximum absolute atomic E-state index is 5.52. The van der Waals surface area contributed by atoms with E-state index in [-0.39, 0.29) is 0 Å². The lowest BCUT2D eigenvalue weighted by Crippen LogP contribution is -1.90. The van der Waals surface area contributed by atoms with E-state index in [9.17, 15) is 0 Å². The van der Waals surface area contributed by atoms with E-state index in [4.69, 9.17) is 5.73 Å². The van der Waals surface area contributed by atoms with Gasteiger partial charge in [-0.3, -0.25) is 0 Å². The third kappa shape index (κ3) is 1.29. The number of thiophene rings is 1. The highest BCUT2D eigenvalue weighted by molar-refractivity contribution is 7.15. The zero-order chi connectivity index (χ0) is 8.39. The van der Waals surface area contributed by atoms with Gasteiger partial charge in [-0.05, 0) is 24.3 Å². The van der Waals surface area contributed by atoms with Crippen LogP contribution in [0.15, 0.2) is 30.5 Å². The smallest absolute Gasteiger partial charge is 0.0555 e. The van der Waals surface area contributed by atoms with E-state index in [2.05, 4.69) is 23.2 Å². The van der Waals surface area contributed by atoms with Crippen LogP contribution in [0.3, 0.4) is 0 Å². The lowest BCUT2D eigenvalue weighted by atomic mass is 10.3. The van der Waals surface area contributed by atoms with Crippen molar-refractivity contribution in [2.24, 2.45) is 5.73 Å². The Bertz CT molecular complexity index is 348. The molecule has 0 saturated heterocycles. The zero-order valence-electron chi connectivity index (χ0n) is 6.58. The van der Waals surface area contributed by atoms with Crippen molar-refractivity contribution in [3.63, 3.8) is 0 Å². The summed E-state index contributed by atoms with van der Waals surface area (Å²) >= 11 is 1.73. The van der Waals surface area contributed by atoms with Crippen LogP contribution in [0.25, 0.3) is 10.6 Å². The van der Waals surface area contributed by atoms with Gasteiger partial charge in [0.1, 0.15) is 0 Å². The highest BCUT2D eigenvalue weighted by Gasteiger charge is 2.00. The molecule has 2 aromatic heterocycles. The molecule has 0 radical (unpaired) electrons. The van der Waals surface area contributed by atoms with Crippen molar-refractivity contribution in [2.45, 2.75) is 6.54 Å². The summed E-state index contributed by atoms with van der Waals surface area (Å²) in [4.78, 5) is 5.63. The topological polar surface area (TPSA) is 41.8 Å². The molecule has 0 bridgehead atoms. The second-order valence-corrected chi connectivity index (χ2v) is 3.72. The predicted molar refractivity (Wildman–Crippen MR) is 52.0 cm³/mol.